The van der Waals surface area contributed by atoms with E-state index in [1.807, 2.05) is 0 Å². The van der Waals surface area contributed by atoms with Gasteiger partial charge in [0, 0.05) is 12.8 Å². The Morgan fingerprint density at radius 3 is 2.28 bits per heavy atom. The molecule has 0 N–H and O–H groups in total. The first-order valence-electron chi connectivity index (χ1n) is 5.82. The summed E-state index contributed by atoms with van der Waals surface area (Å²) < 4.78 is 13.9. The van der Waals surface area contributed by atoms with E-state index in [2.05, 4.69) is 15.9 Å². The van der Waals surface area contributed by atoms with E-state index in [1.165, 1.54) is 6.07 Å². The van der Waals surface area contributed by atoms with Gasteiger partial charge in [-0.3, -0.25) is 14.5 Å². The smallest absolute Gasteiger partial charge is 0.233 e. The third kappa shape index (κ3) is 2.46. The molecule has 0 atom stereocenters. The summed E-state index contributed by atoms with van der Waals surface area (Å²) >= 11 is 3.09. The highest BCUT2D eigenvalue weighted by Crippen LogP contribution is 2.29. The zero-order valence-electron chi connectivity index (χ0n) is 10.0. The SMILES string of the molecule is Cc1cc(Br)c(F)cc1N1C(=O)CCCCC1=O. The lowest BCUT2D eigenvalue weighted by atomic mass is 10.1. The Balaban J connectivity index is 2.48. The van der Waals surface area contributed by atoms with E-state index in [0.717, 1.165) is 4.90 Å². The van der Waals surface area contributed by atoms with Gasteiger partial charge in [-0.05, 0) is 53.4 Å². The quantitative estimate of drug-likeness (QED) is 0.746. The molecule has 2 amide bonds. The minimum Gasteiger partial charge on any atom is -0.274 e. The second kappa shape index (κ2) is 5.18. The highest BCUT2D eigenvalue weighted by atomic mass is 79.9. The molecule has 0 spiro atoms. The maximum atomic E-state index is 13.6. The number of aryl methyl sites for hydroxylation is 1. The second-order valence-corrected chi connectivity index (χ2v) is 5.24. The van der Waals surface area contributed by atoms with Gasteiger partial charge in [-0.2, -0.15) is 0 Å². The van der Waals surface area contributed by atoms with Crippen molar-refractivity contribution in [2.24, 2.45) is 0 Å². The topological polar surface area (TPSA) is 37.4 Å². The summed E-state index contributed by atoms with van der Waals surface area (Å²) in [4.78, 5) is 25.0. The van der Waals surface area contributed by atoms with Gasteiger partial charge in [0.05, 0.1) is 10.2 Å². The molecule has 0 aromatic heterocycles. The van der Waals surface area contributed by atoms with Gasteiger partial charge >= 0.3 is 0 Å². The standard InChI is InChI=1S/C13H13BrFNO2/c1-8-6-9(14)10(15)7-11(8)16-12(17)4-2-3-5-13(16)18/h6-7H,2-5H2,1H3. The van der Waals surface area contributed by atoms with Crippen LogP contribution in [0.25, 0.3) is 0 Å². The van der Waals surface area contributed by atoms with Crippen molar-refractivity contribution in [1.29, 1.82) is 0 Å². The van der Waals surface area contributed by atoms with E-state index in [4.69, 9.17) is 0 Å². The third-order valence-electron chi connectivity index (χ3n) is 3.01. The molecule has 1 aliphatic heterocycles. The summed E-state index contributed by atoms with van der Waals surface area (Å²) in [7, 11) is 0. The van der Waals surface area contributed by atoms with Gasteiger partial charge in [-0.1, -0.05) is 0 Å². The fourth-order valence-electron chi connectivity index (χ4n) is 2.06. The van der Waals surface area contributed by atoms with E-state index in [9.17, 15) is 14.0 Å². The van der Waals surface area contributed by atoms with Crippen LogP contribution in [-0.4, -0.2) is 11.8 Å². The number of hydrogen-bond acceptors (Lipinski definition) is 2. The van der Waals surface area contributed by atoms with Crippen LogP contribution >= 0.6 is 15.9 Å². The average molecular weight is 314 g/mol. The lowest BCUT2D eigenvalue weighted by Crippen LogP contribution is -2.35. The van der Waals surface area contributed by atoms with Crippen molar-refractivity contribution in [3.63, 3.8) is 0 Å². The van der Waals surface area contributed by atoms with Crippen LogP contribution in [0, 0.1) is 12.7 Å². The molecule has 1 aliphatic rings. The summed E-state index contributed by atoms with van der Waals surface area (Å²) in [5.74, 6) is -0.968. The highest BCUT2D eigenvalue weighted by Gasteiger charge is 2.27. The maximum Gasteiger partial charge on any atom is 0.233 e. The summed E-state index contributed by atoms with van der Waals surface area (Å²) in [5, 5.41) is 0. The van der Waals surface area contributed by atoms with Gasteiger partial charge < -0.3 is 0 Å². The first kappa shape index (κ1) is 13.2. The van der Waals surface area contributed by atoms with Crippen molar-refractivity contribution >= 4 is 33.4 Å². The lowest BCUT2D eigenvalue weighted by molar-refractivity contribution is -0.125. The van der Waals surface area contributed by atoms with Crippen molar-refractivity contribution in [2.75, 3.05) is 4.90 Å². The molecule has 5 heteroatoms. The van der Waals surface area contributed by atoms with Crippen molar-refractivity contribution in [3.05, 3.63) is 28.0 Å². The number of imide groups is 1. The zero-order valence-corrected chi connectivity index (χ0v) is 11.6. The van der Waals surface area contributed by atoms with Gasteiger partial charge in [0.2, 0.25) is 11.8 Å². The Kier molecular flexibility index (Phi) is 3.80. The molecule has 1 aromatic carbocycles. The molecule has 1 fully saturated rings. The van der Waals surface area contributed by atoms with Crippen molar-refractivity contribution in [2.45, 2.75) is 32.6 Å². The minimum absolute atomic E-state index is 0.248. The summed E-state index contributed by atoms with van der Waals surface area (Å²) in [6, 6.07) is 2.82. The van der Waals surface area contributed by atoms with Crippen LogP contribution in [0.15, 0.2) is 16.6 Å². The number of anilines is 1. The molecule has 0 bridgehead atoms. The Bertz CT molecular complexity index is 498. The van der Waals surface area contributed by atoms with Crippen molar-refractivity contribution in [3.8, 4) is 0 Å². The van der Waals surface area contributed by atoms with Crippen LogP contribution in [0.4, 0.5) is 10.1 Å². The minimum atomic E-state index is -0.472. The van der Waals surface area contributed by atoms with E-state index in [1.54, 1.807) is 13.0 Å². The summed E-state index contributed by atoms with van der Waals surface area (Å²) in [5.41, 5.74) is 1.06. The van der Waals surface area contributed by atoms with E-state index in [0.29, 0.717) is 41.4 Å². The van der Waals surface area contributed by atoms with Crippen LogP contribution in [0.5, 0.6) is 0 Å². The van der Waals surface area contributed by atoms with E-state index in [-0.39, 0.29) is 11.8 Å². The molecule has 96 valence electrons. The zero-order chi connectivity index (χ0) is 13.3. The van der Waals surface area contributed by atoms with Gasteiger partial charge in [-0.15, -0.1) is 0 Å². The highest BCUT2D eigenvalue weighted by molar-refractivity contribution is 9.10. The van der Waals surface area contributed by atoms with Crippen molar-refractivity contribution < 1.29 is 14.0 Å². The van der Waals surface area contributed by atoms with Crippen LogP contribution in [0.3, 0.4) is 0 Å². The fraction of sp³-hybridized carbons (Fsp3) is 0.385. The number of carbonyl (C=O) groups excluding carboxylic acids is 2. The number of benzene rings is 1. The Morgan fingerprint density at radius 1 is 1.17 bits per heavy atom. The monoisotopic (exact) mass is 313 g/mol. The molecule has 0 aliphatic carbocycles. The Labute approximate surface area is 113 Å². The molecular formula is C13H13BrFNO2. The molecule has 1 aromatic rings. The molecule has 2 rings (SSSR count). The first-order chi connectivity index (χ1) is 8.50. The largest absolute Gasteiger partial charge is 0.274 e. The summed E-state index contributed by atoms with van der Waals surface area (Å²) in [6.45, 7) is 1.75. The van der Waals surface area contributed by atoms with Crippen molar-refractivity contribution in [1.82, 2.24) is 0 Å². The number of hydrogen-bond donors (Lipinski definition) is 0. The van der Waals surface area contributed by atoms with Gasteiger partial charge in [0.1, 0.15) is 5.82 Å². The lowest BCUT2D eigenvalue weighted by Gasteiger charge is -2.21. The summed E-state index contributed by atoms with van der Waals surface area (Å²) in [6.07, 6.45) is 2.09. The normalized spacial score (nSPS) is 16.9. The Hall–Kier alpha value is -1.23. The number of rotatable bonds is 1. The second-order valence-electron chi connectivity index (χ2n) is 4.38. The number of halogens is 2. The molecule has 1 heterocycles. The molecule has 1 saturated heterocycles. The fourth-order valence-corrected chi connectivity index (χ4v) is 2.52. The van der Waals surface area contributed by atoms with Crippen LogP contribution < -0.4 is 4.90 Å². The first-order valence-corrected chi connectivity index (χ1v) is 6.61. The molecule has 0 radical (unpaired) electrons. The van der Waals surface area contributed by atoms with E-state index < -0.39 is 5.82 Å². The maximum absolute atomic E-state index is 13.6. The molecule has 0 unspecified atom stereocenters. The molecule has 18 heavy (non-hydrogen) atoms. The number of amides is 2. The van der Waals surface area contributed by atoms with E-state index >= 15 is 0 Å². The average Bonchev–Trinajstić information content (AvgIpc) is 2.46. The predicted octanol–water partition coefficient (Wildman–Crippen LogP) is 3.33. The predicted molar refractivity (Wildman–Crippen MR) is 69.8 cm³/mol. The number of carbonyl (C=O) groups is 2. The van der Waals surface area contributed by atoms with Crippen LogP contribution in [0.2, 0.25) is 0 Å². The molecular weight excluding hydrogens is 301 g/mol. The number of nitrogens with zero attached hydrogens (tertiary/aromatic N) is 1. The van der Waals surface area contributed by atoms with Crippen LogP contribution in [0.1, 0.15) is 31.2 Å². The van der Waals surface area contributed by atoms with Gasteiger partial charge in [0.15, 0.2) is 0 Å². The molecule has 0 saturated carbocycles. The molecule has 3 nitrogen and oxygen atoms in total. The van der Waals surface area contributed by atoms with Gasteiger partial charge in [0.25, 0.3) is 0 Å². The third-order valence-corrected chi connectivity index (χ3v) is 3.62. The van der Waals surface area contributed by atoms with Crippen LogP contribution in [-0.2, 0) is 9.59 Å². The van der Waals surface area contributed by atoms with Gasteiger partial charge in [-0.25, -0.2) is 4.39 Å². The Morgan fingerprint density at radius 2 is 1.72 bits per heavy atom.